The van der Waals surface area contributed by atoms with Crippen LogP contribution in [-0.4, -0.2) is 24.4 Å². The molecule has 0 aliphatic rings. The van der Waals surface area contributed by atoms with Gasteiger partial charge in [0.1, 0.15) is 0 Å². The number of amides is 1. The summed E-state index contributed by atoms with van der Waals surface area (Å²) >= 11 is 0. The SMILES string of the molecule is CCCCCCCC/C=C\CCCCCCCC(=O)N(C)CC. The molecular weight excluding hydrogens is 282 g/mol. The Bertz CT molecular complexity index is 286. The lowest BCUT2D eigenvalue weighted by Gasteiger charge is -2.13. The minimum Gasteiger partial charge on any atom is -0.346 e. The third-order valence-corrected chi connectivity index (χ3v) is 4.55. The summed E-state index contributed by atoms with van der Waals surface area (Å²) in [5.41, 5.74) is 0. The average Bonchev–Trinajstić information content (AvgIpc) is 2.57. The van der Waals surface area contributed by atoms with Crippen LogP contribution in [0.3, 0.4) is 0 Å². The predicted octanol–water partition coefficient (Wildman–Crippen LogP) is 6.50. The Kier molecular flexibility index (Phi) is 17.0. The van der Waals surface area contributed by atoms with Gasteiger partial charge in [-0.1, -0.05) is 70.4 Å². The molecule has 0 aromatic carbocycles. The Morgan fingerprint density at radius 2 is 1.22 bits per heavy atom. The van der Waals surface area contributed by atoms with E-state index < -0.39 is 0 Å². The molecule has 0 aromatic rings. The molecule has 0 aliphatic heterocycles. The Morgan fingerprint density at radius 3 is 1.74 bits per heavy atom. The minimum atomic E-state index is 0.296. The summed E-state index contributed by atoms with van der Waals surface area (Å²) in [5.74, 6) is 0.296. The first-order chi connectivity index (χ1) is 11.2. The molecule has 0 aromatic heterocycles. The lowest BCUT2D eigenvalue weighted by molar-refractivity contribution is -0.129. The van der Waals surface area contributed by atoms with Crippen LogP contribution in [0.5, 0.6) is 0 Å². The van der Waals surface area contributed by atoms with Crippen molar-refractivity contribution in [3.8, 4) is 0 Å². The van der Waals surface area contributed by atoms with Gasteiger partial charge in [-0.15, -0.1) is 0 Å². The Morgan fingerprint density at radius 1 is 0.739 bits per heavy atom. The first kappa shape index (κ1) is 22.2. The molecule has 1 amide bonds. The largest absolute Gasteiger partial charge is 0.346 e. The summed E-state index contributed by atoms with van der Waals surface area (Å²) in [4.78, 5) is 13.4. The van der Waals surface area contributed by atoms with Gasteiger partial charge in [-0.3, -0.25) is 4.79 Å². The summed E-state index contributed by atoms with van der Waals surface area (Å²) < 4.78 is 0. The molecule has 2 heteroatoms. The molecule has 0 unspecified atom stereocenters. The van der Waals surface area contributed by atoms with E-state index in [1.807, 2.05) is 18.9 Å². The summed E-state index contributed by atoms with van der Waals surface area (Å²) in [6.45, 7) is 5.12. The van der Waals surface area contributed by atoms with Gasteiger partial charge in [0.25, 0.3) is 0 Å². The van der Waals surface area contributed by atoms with E-state index in [0.29, 0.717) is 5.91 Å². The second-order valence-electron chi connectivity index (χ2n) is 6.74. The minimum absolute atomic E-state index is 0.296. The summed E-state index contributed by atoms with van der Waals surface area (Å²) in [6.07, 6.45) is 22.4. The molecule has 0 rings (SSSR count). The van der Waals surface area contributed by atoms with Crippen LogP contribution in [0.25, 0.3) is 0 Å². The number of carbonyl (C=O) groups excluding carboxylic acids is 1. The molecule has 0 atom stereocenters. The van der Waals surface area contributed by atoms with E-state index in [1.54, 1.807) is 0 Å². The number of unbranched alkanes of at least 4 members (excludes halogenated alkanes) is 11. The molecule has 0 radical (unpaired) electrons. The Hall–Kier alpha value is -0.790. The molecular formula is C21H41NO. The monoisotopic (exact) mass is 323 g/mol. The second kappa shape index (κ2) is 17.6. The first-order valence-electron chi connectivity index (χ1n) is 10.1. The van der Waals surface area contributed by atoms with E-state index >= 15 is 0 Å². The highest BCUT2D eigenvalue weighted by molar-refractivity contribution is 5.75. The molecule has 136 valence electrons. The molecule has 0 heterocycles. The van der Waals surface area contributed by atoms with Crippen molar-refractivity contribution in [3.05, 3.63) is 12.2 Å². The fourth-order valence-electron chi connectivity index (χ4n) is 2.71. The van der Waals surface area contributed by atoms with E-state index in [9.17, 15) is 4.79 Å². The number of nitrogens with zero attached hydrogens (tertiary/aromatic N) is 1. The first-order valence-corrected chi connectivity index (χ1v) is 10.1. The molecule has 0 fully saturated rings. The number of allylic oxidation sites excluding steroid dienone is 2. The fourth-order valence-corrected chi connectivity index (χ4v) is 2.71. The third kappa shape index (κ3) is 15.9. The van der Waals surface area contributed by atoms with E-state index in [4.69, 9.17) is 0 Å². The third-order valence-electron chi connectivity index (χ3n) is 4.55. The molecule has 0 spiro atoms. The summed E-state index contributed by atoms with van der Waals surface area (Å²) in [6, 6.07) is 0. The van der Waals surface area contributed by atoms with Crippen LogP contribution in [-0.2, 0) is 4.79 Å². The second-order valence-corrected chi connectivity index (χ2v) is 6.74. The van der Waals surface area contributed by atoms with Crippen molar-refractivity contribution in [1.29, 1.82) is 0 Å². The normalized spacial score (nSPS) is 11.3. The fraction of sp³-hybridized carbons (Fsp3) is 0.857. The number of hydrogen-bond donors (Lipinski definition) is 0. The smallest absolute Gasteiger partial charge is 0.222 e. The van der Waals surface area contributed by atoms with Crippen molar-refractivity contribution in [3.63, 3.8) is 0 Å². The van der Waals surface area contributed by atoms with Gasteiger partial charge in [0.15, 0.2) is 0 Å². The van der Waals surface area contributed by atoms with Gasteiger partial charge in [-0.2, -0.15) is 0 Å². The van der Waals surface area contributed by atoms with Crippen LogP contribution in [0.4, 0.5) is 0 Å². The number of hydrogen-bond acceptors (Lipinski definition) is 1. The van der Waals surface area contributed by atoms with Gasteiger partial charge in [0.05, 0.1) is 0 Å². The maximum Gasteiger partial charge on any atom is 0.222 e. The topological polar surface area (TPSA) is 20.3 Å². The molecule has 0 saturated heterocycles. The molecule has 0 N–H and O–H groups in total. The van der Waals surface area contributed by atoms with Crippen LogP contribution in [0.2, 0.25) is 0 Å². The lowest BCUT2D eigenvalue weighted by atomic mass is 10.1. The van der Waals surface area contributed by atoms with Gasteiger partial charge in [-0.25, -0.2) is 0 Å². The van der Waals surface area contributed by atoms with E-state index in [2.05, 4.69) is 19.1 Å². The average molecular weight is 324 g/mol. The summed E-state index contributed by atoms with van der Waals surface area (Å²) in [5, 5.41) is 0. The van der Waals surface area contributed by atoms with E-state index in [-0.39, 0.29) is 0 Å². The zero-order valence-electron chi connectivity index (χ0n) is 16.1. The Balaban J connectivity index is 3.21. The zero-order valence-corrected chi connectivity index (χ0v) is 16.1. The standard InChI is InChI=1S/C21H41NO/c1-4-6-7-8-9-10-11-12-13-14-15-16-17-18-19-20-21(23)22(3)5-2/h12-13H,4-11,14-20H2,1-3H3/b13-12-. The highest BCUT2D eigenvalue weighted by Crippen LogP contribution is 2.10. The van der Waals surface area contributed by atoms with Crippen LogP contribution in [0.1, 0.15) is 104 Å². The lowest BCUT2D eigenvalue weighted by Crippen LogP contribution is -2.25. The van der Waals surface area contributed by atoms with Crippen molar-refractivity contribution in [2.45, 2.75) is 104 Å². The highest BCUT2D eigenvalue weighted by Gasteiger charge is 2.04. The highest BCUT2D eigenvalue weighted by atomic mass is 16.2. The van der Waals surface area contributed by atoms with Crippen molar-refractivity contribution in [1.82, 2.24) is 4.90 Å². The maximum atomic E-state index is 11.6. The number of carbonyl (C=O) groups is 1. The molecule has 0 aliphatic carbocycles. The predicted molar refractivity (Wildman–Crippen MR) is 103 cm³/mol. The molecule has 0 saturated carbocycles. The van der Waals surface area contributed by atoms with Crippen LogP contribution >= 0.6 is 0 Å². The summed E-state index contributed by atoms with van der Waals surface area (Å²) in [7, 11) is 1.89. The molecule has 23 heavy (non-hydrogen) atoms. The number of rotatable bonds is 16. The van der Waals surface area contributed by atoms with Gasteiger partial charge in [-0.05, 0) is 39.0 Å². The van der Waals surface area contributed by atoms with E-state index in [0.717, 1.165) is 19.4 Å². The maximum absolute atomic E-state index is 11.6. The van der Waals surface area contributed by atoms with Crippen molar-refractivity contribution >= 4 is 5.91 Å². The zero-order chi connectivity index (χ0) is 17.2. The van der Waals surface area contributed by atoms with Crippen molar-refractivity contribution in [2.24, 2.45) is 0 Å². The molecule has 0 bridgehead atoms. The van der Waals surface area contributed by atoms with Gasteiger partial charge < -0.3 is 4.90 Å². The quantitative estimate of drug-likeness (QED) is 0.234. The van der Waals surface area contributed by atoms with E-state index in [1.165, 1.54) is 77.0 Å². The van der Waals surface area contributed by atoms with Gasteiger partial charge in [0.2, 0.25) is 5.91 Å². The molecule has 2 nitrogen and oxygen atoms in total. The van der Waals surface area contributed by atoms with Crippen molar-refractivity contribution in [2.75, 3.05) is 13.6 Å². The van der Waals surface area contributed by atoms with Gasteiger partial charge >= 0.3 is 0 Å². The van der Waals surface area contributed by atoms with Crippen LogP contribution in [0.15, 0.2) is 12.2 Å². The van der Waals surface area contributed by atoms with Crippen LogP contribution in [0, 0.1) is 0 Å². The van der Waals surface area contributed by atoms with Crippen LogP contribution < -0.4 is 0 Å². The van der Waals surface area contributed by atoms with Crippen molar-refractivity contribution < 1.29 is 4.79 Å². The Labute approximate surface area is 145 Å². The van der Waals surface area contributed by atoms with Gasteiger partial charge in [0, 0.05) is 20.0 Å².